The van der Waals surface area contributed by atoms with E-state index >= 15 is 0 Å². The molecule has 2 aliphatic rings. The Labute approximate surface area is 138 Å². The monoisotopic (exact) mass is 311 g/mol. The van der Waals surface area contributed by atoms with Crippen molar-refractivity contribution in [3.63, 3.8) is 0 Å². The molecule has 1 heterocycles. The molecular weight excluding hydrogens is 286 g/mol. The minimum absolute atomic E-state index is 0.138. The molecule has 23 heavy (non-hydrogen) atoms. The lowest BCUT2D eigenvalue weighted by Crippen LogP contribution is -2.47. The maximum atomic E-state index is 12.6. The van der Waals surface area contributed by atoms with Crippen molar-refractivity contribution in [3.05, 3.63) is 52.8 Å². The van der Waals surface area contributed by atoms with E-state index in [-0.39, 0.29) is 11.7 Å². The molecule has 3 rings (SSSR count). The molecule has 122 valence electrons. The van der Waals surface area contributed by atoms with Crippen molar-refractivity contribution in [2.45, 2.75) is 52.0 Å². The van der Waals surface area contributed by atoms with E-state index in [0.717, 1.165) is 42.4 Å². The number of nitrogens with one attached hydrogen (secondary N) is 1. The van der Waals surface area contributed by atoms with Gasteiger partial charge in [-0.25, -0.2) is 0 Å². The van der Waals surface area contributed by atoms with Crippen LogP contribution in [0.15, 0.2) is 36.1 Å². The van der Waals surface area contributed by atoms with Gasteiger partial charge in [-0.15, -0.1) is 0 Å². The molecule has 0 bridgehead atoms. The Bertz CT molecular complexity index is 692. The zero-order valence-corrected chi connectivity index (χ0v) is 14.1. The van der Waals surface area contributed by atoms with Crippen molar-refractivity contribution in [1.29, 1.82) is 0 Å². The average molecular weight is 311 g/mol. The van der Waals surface area contributed by atoms with E-state index in [9.17, 15) is 9.90 Å². The highest BCUT2D eigenvalue weighted by Gasteiger charge is 2.47. The first kappa shape index (κ1) is 15.9. The van der Waals surface area contributed by atoms with E-state index in [2.05, 4.69) is 17.5 Å². The number of aryl methyl sites for hydroxylation is 2. The second-order valence-electron chi connectivity index (χ2n) is 6.94. The number of benzene rings is 1. The topological polar surface area (TPSA) is 49.3 Å². The summed E-state index contributed by atoms with van der Waals surface area (Å²) in [6, 6.07) is 6.03. The summed E-state index contributed by atoms with van der Waals surface area (Å²) in [4.78, 5) is 12.6. The fourth-order valence-corrected chi connectivity index (χ4v) is 3.90. The SMILES string of the molecule is C/C=C\C1CCC2(CC1)NC(=O)C(c1cc(C)ccc1C)=C2O. The number of hydrogen-bond donors (Lipinski definition) is 2. The van der Waals surface area contributed by atoms with Gasteiger partial charge < -0.3 is 10.4 Å². The summed E-state index contributed by atoms with van der Waals surface area (Å²) in [6.45, 7) is 6.03. The molecule has 1 spiro atoms. The highest BCUT2D eigenvalue weighted by atomic mass is 16.3. The van der Waals surface area contributed by atoms with Crippen molar-refractivity contribution in [2.24, 2.45) is 5.92 Å². The Morgan fingerprint density at radius 1 is 1.26 bits per heavy atom. The minimum atomic E-state index is -0.555. The summed E-state index contributed by atoms with van der Waals surface area (Å²) in [6.07, 6.45) is 7.91. The van der Waals surface area contributed by atoms with Crippen molar-refractivity contribution < 1.29 is 9.90 Å². The van der Waals surface area contributed by atoms with Gasteiger partial charge in [-0.2, -0.15) is 0 Å². The number of hydrogen-bond acceptors (Lipinski definition) is 2. The summed E-state index contributed by atoms with van der Waals surface area (Å²) in [5, 5.41) is 14.0. The molecule has 1 aliphatic carbocycles. The molecule has 0 atom stereocenters. The van der Waals surface area contributed by atoms with Gasteiger partial charge in [0.2, 0.25) is 0 Å². The third-order valence-electron chi connectivity index (χ3n) is 5.28. The zero-order valence-electron chi connectivity index (χ0n) is 14.1. The van der Waals surface area contributed by atoms with Crippen LogP contribution >= 0.6 is 0 Å². The quantitative estimate of drug-likeness (QED) is 0.804. The van der Waals surface area contributed by atoms with Crippen molar-refractivity contribution in [2.75, 3.05) is 0 Å². The molecule has 1 aromatic rings. The Morgan fingerprint density at radius 3 is 2.61 bits per heavy atom. The van der Waals surface area contributed by atoms with E-state index in [4.69, 9.17) is 0 Å². The molecule has 1 amide bonds. The van der Waals surface area contributed by atoms with Gasteiger partial charge in [-0.1, -0.05) is 35.9 Å². The number of rotatable bonds is 2. The molecule has 0 saturated heterocycles. The normalized spacial score (nSPS) is 28.0. The van der Waals surface area contributed by atoms with Crippen LogP contribution in [0.5, 0.6) is 0 Å². The third-order valence-corrected chi connectivity index (χ3v) is 5.28. The summed E-state index contributed by atoms with van der Waals surface area (Å²) in [7, 11) is 0. The van der Waals surface area contributed by atoms with Gasteiger partial charge in [0.15, 0.2) is 0 Å². The first-order valence-electron chi connectivity index (χ1n) is 8.43. The van der Waals surface area contributed by atoms with E-state index in [1.54, 1.807) is 0 Å². The summed E-state index contributed by atoms with van der Waals surface area (Å²) >= 11 is 0. The fourth-order valence-electron chi connectivity index (χ4n) is 3.90. The van der Waals surface area contributed by atoms with E-state index in [1.165, 1.54) is 0 Å². The molecule has 3 nitrogen and oxygen atoms in total. The van der Waals surface area contributed by atoms with Gasteiger partial charge in [0.1, 0.15) is 5.76 Å². The summed E-state index contributed by atoms with van der Waals surface area (Å²) in [5.74, 6) is 0.663. The molecule has 1 aliphatic heterocycles. The number of allylic oxidation sites excluding steroid dienone is 2. The fraction of sp³-hybridized carbons (Fsp3) is 0.450. The van der Waals surface area contributed by atoms with E-state index in [0.29, 0.717) is 11.5 Å². The van der Waals surface area contributed by atoms with Crippen LogP contribution in [0.4, 0.5) is 0 Å². The van der Waals surface area contributed by atoms with E-state index in [1.807, 2.05) is 39.0 Å². The smallest absolute Gasteiger partial charge is 0.256 e. The molecule has 3 heteroatoms. The molecule has 0 unspecified atom stereocenters. The second-order valence-corrected chi connectivity index (χ2v) is 6.94. The van der Waals surface area contributed by atoms with Crippen LogP contribution < -0.4 is 5.32 Å². The standard InChI is InChI=1S/C20H25NO2/c1-4-5-15-8-10-20(11-9-15)18(22)17(19(23)21-20)16-12-13(2)6-7-14(16)3/h4-7,12,15,22H,8-11H2,1-3H3,(H,21,23)/b5-4-. The Morgan fingerprint density at radius 2 is 1.96 bits per heavy atom. The van der Waals surface area contributed by atoms with Crippen LogP contribution in [0.3, 0.4) is 0 Å². The van der Waals surface area contributed by atoms with Crippen LogP contribution in [-0.2, 0) is 4.79 Å². The molecule has 1 saturated carbocycles. The minimum Gasteiger partial charge on any atom is -0.509 e. The predicted octanol–water partition coefficient (Wildman–Crippen LogP) is 4.21. The lowest BCUT2D eigenvalue weighted by molar-refractivity contribution is -0.116. The average Bonchev–Trinajstić information content (AvgIpc) is 2.76. The molecule has 2 N–H and O–H groups in total. The van der Waals surface area contributed by atoms with Gasteiger partial charge in [-0.05, 0) is 63.5 Å². The maximum Gasteiger partial charge on any atom is 0.256 e. The molecular formula is C20H25NO2. The van der Waals surface area contributed by atoms with Crippen LogP contribution in [0.2, 0.25) is 0 Å². The highest BCUT2D eigenvalue weighted by molar-refractivity contribution is 6.23. The Kier molecular flexibility index (Phi) is 4.05. The molecule has 0 aromatic heterocycles. The van der Waals surface area contributed by atoms with Crippen LogP contribution in [0, 0.1) is 19.8 Å². The van der Waals surface area contributed by atoms with Crippen molar-refractivity contribution in [3.8, 4) is 0 Å². The van der Waals surface area contributed by atoms with Gasteiger partial charge in [0.05, 0.1) is 11.1 Å². The van der Waals surface area contributed by atoms with Gasteiger partial charge in [-0.3, -0.25) is 4.79 Å². The Hall–Kier alpha value is -2.03. The van der Waals surface area contributed by atoms with Gasteiger partial charge in [0, 0.05) is 0 Å². The van der Waals surface area contributed by atoms with Gasteiger partial charge >= 0.3 is 0 Å². The highest BCUT2D eigenvalue weighted by Crippen LogP contribution is 2.43. The maximum absolute atomic E-state index is 12.6. The first-order valence-corrected chi connectivity index (χ1v) is 8.43. The number of carbonyl (C=O) groups excluding carboxylic acids is 1. The van der Waals surface area contributed by atoms with Gasteiger partial charge in [0.25, 0.3) is 5.91 Å². The zero-order chi connectivity index (χ0) is 16.6. The number of aliphatic hydroxyl groups excluding tert-OH is 1. The third kappa shape index (κ3) is 2.69. The van der Waals surface area contributed by atoms with E-state index < -0.39 is 5.54 Å². The second kappa shape index (κ2) is 5.88. The number of amides is 1. The molecule has 0 radical (unpaired) electrons. The van der Waals surface area contributed by atoms with Crippen LogP contribution in [-0.4, -0.2) is 16.6 Å². The lowest BCUT2D eigenvalue weighted by Gasteiger charge is -2.36. The summed E-state index contributed by atoms with van der Waals surface area (Å²) in [5.41, 5.74) is 2.88. The van der Waals surface area contributed by atoms with Crippen molar-refractivity contribution in [1.82, 2.24) is 5.32 Å². The summed E-state index contributed by atoms with van der Waals surface area (Å²) < 4.78 is 0. The predicted molar refractivity (Wildman–Crippen MR) is 93.1 cm³/mol. The van der Waals surface area contributed by atoms with Crippen LogP contribution in [0.25, 0.3) is 5.57 Å². The van der Waals surface area contributed by atoms with Crippen LogP contribution in [0.1, 0.15) is 49.3 Å². The lowest BCUT2D eigenvalue weighted by atomic mass is 9.75. The van der Waals surface area contributed by atoms with Crippen molar-refractivity contribution >= 4 is 11.5 Å². The molecule has 1 fully saturated rings. The Balaban J connectivity index is 1.97. The molecule has 1 aromatic carbocycles. The first-order chi connectivity index (χ1) is 11.0. The largest absolute Gasteiger partial charge is 0.509 e. The number of aliphatic hydroxyl groups is 1. The number of carbonyl (C=O) groups is 1.